The van der Waals surface area contributed by atoms with Crippen LogP contribution in [-0.4, -0.2) is 30.9 Å². The molecule has 4 fully saturated rings. The number of hydrogen-bond acceptors (Lipinski definition) is 5. The van der Waals surface area contributed by atoms with Crippen LogP contribution in [0.2, 0.25) is 0 Å². The third-order valence-corrected chi connectivity index (χ3v) is 10.3. The summed E-state index contributed by atoms with van der Waals surface area (Å²) in [6, 6.07) is 3.90. The molecule has 4 unspecified atom stereocenters. The first-order valence-electron chi connectivity index (χ1n) is 12.7. The van der Waals surface area contributed by atoms with E-state index in [2.05, 4.69) is 19.9 Å². The molecule has 4 saturated carbocycles. The molecule has 33 heavy (non-hydrogen) atoms. The average molecular weight is 453 g/mol. The maximum atomic E-state index is 13.7. The molecule has 1 aromatic rings. The van der Waals surface area contributed by atoms with E-state index in [1.54, 1.807) is 7.11 Å². The summed E-state index contributed by atoms with van der Waals surface area (Å²) in [5, 5.41) is 10.3. The van der Waals surface area contributed by atoms with Crippen molar-refractivity contribution >= 4 is 11.9 Å². The molecule has 0 radical (unpaired) electrons. The van der Waals surface area contributed by atoms with Crippen LogP contribution < -0.4 is 14.2 Å². The van der Waals surface area contributed by atoms with Gasteiger partial charge in [0, 0.05) is 5.41 Å². The van der Waals surface area contributed by atoms with Crippen LogP contribution in [0.4, 0.5) is 0 Å². The Balaban J connectivity index is 1.31. The Hall–Kier alpha value is -2.01. The van der Waals surface area contributed by atoms with E-state index in [-0.39, 0.29) is 18.3 Å². The summed E-state index contributed by atoms with van der Waals surface area (Å²) in [4.78, 5) is 13.7. The van der Waals surface area contributed by atoms with Gasteiger partial charge in [-0.05, 0) is 110 Å². The van der Waals surface area contributed by atoms with Crippen molar-refractivity contribution in [2.45, 2.75) is 71.3 Å². The van der Waals surface area contributed by atoms with Crippen molar-refractivity contribution in [2.75, 3.05) is 13.9 Å². The molecule has 0 saturated heterocycles. The van der Waals surface area contributed by atoms with Crippen LogP contribution >= 0.6 is 0 Å². The number of fused-ring (bicyclic) bond motifs is 6. The first-order valence-corrected chi connectivity index (χ1v) is 12.7. The van der Waals surface area contributed by atoms with E-state index in [1.165, 1.54) is 12.8 Å². The number of benzene rings is 1. The van der Waals surface area contributed by atoms with Gasteiger partial charge in [0.25, 0.3) is 0 Å². The van der Waals surface area contributed by atoms with Crippen LogP contribution in [0.1, 0.15) is 70.8 Å². The molecule has 1 aliphatic heterocycles. The molecule has 1 N–H and O–H groups in total. The van der Waals surface area contributed by atoms with Gasteiger partial charge in [-0.15, -0.1) is 0 Å². The van der Waals surface area contributed by atoms with E-state index >= 15 is 0 Å². The minimum absolute atomic E-state index is 0.116. The van der Waals surface area contributed by atoms with Crippen molar-refractivity contribution in [1.29, 1.82) is 0 Å². The number of aliphatic hydroxyl groups excluding tert-OH is 1. The molecule has 0 amide bonds. The summed E-state index contributed by atoms with van der Waals surface area (Å²) in [6.07, 6.45) is 10.4. The lowest BCUT2D eigenvalue weighted by Crippen LogP contribution is -2.54. The molecule has 0 bridgehead atoms. The van der Waals surface area contributed by atoms with Gasteiger partial charge in [0.15, 0.2) is 17.3 Å². The Bertz CT molecular complexity index is 1010. The fourth-order valence-electron chi connectivity index (χ4n) is 8.47. The minimum atomic E-state index is -0.245. The van der Waals surface area contributed by atoms with E-state index in [1.807, 2.05) is 12.1 Å². The lowest BCUT2D eigenvalue weighted by molar-refractivity contribution is -0.141. The summed E-state index contributed by atoms with van der Waals surface area (Å²) >= 11 is 0. The standard InChI is InChI=1S/C28H36O5/c1-27-8-6-19(29)14-18(27)4-5-20-21(27)7-9-28(2)22(20)13-17(26(28)30)10-16-11-23(31-3)25-24(12-16)32-15-33-25/h10-12,18-22,29H,4-9,13-15H2,1-3H3/b17-10+/t18-,19?,20?,21?,22?,27-,28-/m1/s1. The topological polar surface area (TPSA) is 65.0 Å². The van der Waals surface area contributed by atoms with Crippen LogP contribution in [-0.2, 0) is 4.79 Å². The Morgan fingerprint density at radius 1 is 1.09 bits per heavy atom. The van der Waals surface area contributed by atoms with Gasteiger partial charge < -0.3 is 19.3 Å². The number of aliphatic hydroxyl groups is 1. The van der Waals surface area contributed by atoms with Crippen LogP contribution in [0.15, 0.2) is 17.7 Å². The van der Waals surface area contributed by atoms with Crippen molar-refractivity contribution in [1.82, 2.24) is 0 Å². The number of hydrogen-bond donors (Lipinski definition) is 1. The lowest BCUT2D eigenvalue weighted by Gasteiger charge is -2.59. The van der Waals surface area contributed by atoms with Gasteiger partial charge in [0.1, 0.15) is 0 Å². The fourth-order valence-corrected chi connectivity index (χ4v) is 8.47. The lowest BCUT2D eigenvalue weighted by atomic mass is 9.45. The maximum absolute atomic E-state index is 13.7. The van der Waals surface area contributed by atoms with Crippen molar-refractivity contribution in [2.24, 2.45) is 34.5 Å². The van der Waals surface area contributed by atoms with Gasteiger partial charge in [0.05, 0.1) is 13.2 Å². The first-order chi connectivity index (χ1) is 15.8. The summed E-state index contributed by atoms with van der Waals surface area (Å²) in [5.41, 5.74) is 1.97. The quantitative estimate of drug-likeness (QED) is 0.610. The zero-order valence-corrected chi connectivity index (χ0v) is 20.1. The minimum Gasteiger partial charge on any atom is -0.493 e. The van der Waals surface area contributed by atoms with E-state index in [9.17, 15) is 9.90 Å². The number of Topliss-reactive ketones (excluding diaryl/α,β-unsaturated/α-hetero) is 1. The molecule has 178 valence electrons. The SMILES string of the molecule is COc1cc(/C=C2\CC3C4CC[C@@H]5CC(O)CC[C@@]5(C)C4CC[C@@]3(C)C2=O)cc2c1OCO2. The third-order valence-electron chi connectivity index (χ3n) is 10.3. The number of rotatable bonds is 2. The van der Waals surface area contributed by atoms with Crippen molar-refractivity contribution < 1.29 is 24.1 Å². The molecule has 5 aliphatic rings. The second kappa shape index (κ2) is 7.49. The number of methoxy groups -OCH3 is 1. The molecule has 4 aliphatic carbocycles. The summed E-state index contributed by atoms with van der Waals surface area (Å²) in [6.45, 7) is 4.93. The normalized spacial score (nSPS) is 42.6. The van der Waals surface area contributed by atoms with Gasteiger partial charge in [-0.25, -0.2) is 0 Å². The predicted octanol–water partition coefficient (Wildman–Crippen LogP) is 5.39. The molecule has 5 nitrogen and oxygen atoms in total. The summed E-state index contributed by atoms with van der Waals surface area (Å²) < 4.78 is 16.6. The van der Waals surface area contributed by atoms with Gasteiger partial charge in [-0.1, -0.05) is 13.8 Å². The van der Waals surface area contributed by atoms with E-state index in [4.69, 9.17) is 14.2 Å². The van der Waals surface area contributed by atoms with Crippen LogP contribution in [0.5, 0.6) is 17.2 Å². The van der Waals surface area contributed by atoms with E-state index in [0.717, 1.165) is 49.7 Å². The second-order valence-electron chi connectivity index (χ2n) is 11.7. The third kappa shape index (κ3) is 3.10. The van der Waals surface area contributed by atoms with E-state index in [0.29, 0.717) is 52.1 Å². The van der Waals surface area contributed by atoms with Crippen molar-refractivity contribution in [3.63, 3.8) is 0 Å². The van der Waals surface area contributed by atoms with Crippen LogP contribution in [0.3, 0.4) is 0 Å². The largest absolute Gasteiger partial charge is 0.493 e. The molecular formula is C28H36O5. The number of carbonyl (C=O) groups is 1. The maximum Gasteiger partial charge on any atom is 0.231 e. The number of carbonyl (C=O) groups excluding carboxylic acids is 1. The smallest absolute Gasteiger partial charge is 0.231 e. The van der Waals surface area contributed by atoms with Crippen molar-refractivity contribution in [3.05, 3.63) is 23.3 Å². The highest BCUT2D eigenvalue weighted by Gasteiger charge is 2.61. The fraction of sp³-hybridized carbons (Fsp3) is 0.679. The molecule has 1 heterocycles. The molecule has 0 spiro atoms. The molecular weight excluding hydrogens is 416 g/mol. The number of allylic oxidation sites excluding steroid dienone is 1. The first kappa shape index (κ1) is 21.5. The Labute approximate surface area is 196 Å². The molecule has 6 rings (SSSR count). The van der Waals surface area contributed by atoms with Crippen LogP contribution in [0.25, 0.3) is 6.08 Å². The predicted molar refractivity (Wildman–Crippen MR) is 125 cm³/mol. The van der Waals surface area contributed by atoms with Gasteiger partial charge in [-0.3, -0.25) is 4.79 Å². The highest BCUT2D eigenvalue weighted by Crippen LogP contribution is 2.66. The Morgan fingerprint density at radius 3 is 2.76 bits per heavy atom. The van der Waals surface area contributed by atoms with Crippen LogP contribution in [0, 0.1) is 34.5 Å². The second-order valence-corrected chi connectivity index (χ2v) is 11.7. The summed E-state index contributed by atoms with van der Waals surface area (Å²) in [7, 11) is 1.63. The highest BCUT2D eigenvalue weighted by molar-refractivity contribution is 6.06. The van der Waals surface area contributed by atoms with Crippen molar-refractivity contribution in [3.8, 4) is 17.2 Å². The Kier molecular flexibility index (Phi) is 4.89. The molecule has 5 heteroatoms. The zero-order valence-electron chi connectivity index (χ0n) is 20.1. The zero-order chi connectivity index (χ0) is 23.0. The number of ketones is 1. The van der Waals surface area contributed by atoms with Gasteiger partial charge in [0.2, 0.25) is 12.5 Å². The summed E-state index contributed by atoms with van der Waals surface area (Å²) in [5.74, 6) is 4.67. The average Bonchev–Trinajstić information content (AvgIpc) is 3.37. The van der Waals surface area contributed by atoms with Gasteiger partial charge >= 0.3 is 0 Å². The monoisotopic (exact) mass is 452 g/mol. The Morgan fingerprint density at radius 2 is 1.94 bits per heavy atom. The highest BCUT2D eigenvalue weighted by atomic mass is 16.7. The number of ether oxygens (including phenoxy) is 3. The molecule has 7 atom stereocenters. The molecule has 0 aromatic heterocycles. The van der Waals surface area contributed by atoms with Gasteiger partial charge in [-0.2, -0.15) is 0 Å². The van der Waals surface area contributed by atoms with E-state index < -0.39 is 0 Å². The molecule has 1 aromatic carbocycles.